The standard InChI is InChI=1S/C14H16FN3O2/c1-8-4-5-10(9(15)6-8)17-14-13(16)11(20-3)7-12(19)18(14)2/h4-7,17H,16H2,1-3H3. The van der Waals surface area contributed by atoms with E-state index in [0.29, 0.717) is 0 Å². The normalized spacial score (nSPS) is 10.4. The highest BCUT2D eigenvalue weighted by molar-refractivity contribution is 5.74. The van der Waals surface area contributed by atoms with E-state index >= 15 is 0 Å². The van der Waals surface area contributed by atoms with Crippen molar-refractivity contribution in [1.29, 1.82) is 0 Å². The molecule has 0 fully saturated rings. The van der Waals surface area contributed by atoms with Crippen LogP contribution in [0.1, 0.15) is 5.56 Å². The molecular formula is C14H16FN3O2. The number of rotatable bonds is 3. The number of benzene rings is 1. The second-order valence-corrected chi connectivity index (χ2v) is 4.48. The zero-order valence-corrected chi connectivity index (χ0v) is 11.5. The molecule has 0 radical (unpaired) electrons. The Bertz CT molecular complexity index is 710. The van der Waals surface area contributed by atoms with E-state index in [0.717, 1.165) is 5.56 Å². The molecule has 0 unspecified atom stereocenters. The summed E-state index contributed by atoms with van der Waals surface area (Å²) in [5, 5.41) is 2.83. The van der Waals surface area contributed by atoms with Gasteiger partial charge in [0.1, 0.15) is 17.3 Å². The number of ether oxygens (including phenoxy) is 1. The second kappa shape index (κ2) is 5.24. The molecule has 0 spiro atoms. The van der Waals surface area contributed by atoms with Crippen molar-refractivity contribution >= 4 is 17.2 Å². The Morgan fingerprint density at radius 1 is 1.35 bits per heavy atom. The van der Waals surface area contributed by atoms with E-state index in [4.69, 9.17) is 10.5 Å². The van der Waals surface area contributed by atoms with E-state index in [1.165, 1.54) is 23.8 Å². The number of halogens is 1. The molecule has 0 saturated carbocycles. The van der Waals surface area contributed by atoms with E-state index < -0.39 is 5.82 Å². The van der Waals surface area contributed by atoms with Crippen molar-refractivity contribution in [3.8, 4) is 5.75 Å². The molecule has 2 aromatic rings. The molecule has 0 saturated heterocycles. The average molecular weight is 277 g/mol. The van der Waals surface area contributed by atoms with E-state index in [1.807, 2.05) is 0 Å². The Morgan fingerprint density at radius 3 is 2.65 bits per heavy atom. The third-order valence-electron chi connectivity index (χ3n) is 3.04. The number of aryl methyl sites for hydroxylation is 1. The van der Waals surface area contributed by atoms with Crippen LogP contribution in [0.3, 0.4) is 0 Å². The maximum atomic E-state index is 13.9. The molecule has 1 aromatic carbocycles. The number of hydrogen-bond donors (Lipinski definition) is 2. The average Bonchev–Trinajstić information content (AvgIpc) is 2.41. The number of nitrogens with one attached hydrogen (secondary N) is 1. The Hall–Kier alpha value is -2.50. The van der Waals surface area contributed by atoms with Gasteiger partial charge >= 0.3 is 0 Å². The predicted octanol–water partition coefficient (Wildman–Crippen LogP) is 2.17. The van der Waals surface area contributed by atoms with Crippen LogP contribution >= 0.6 is 0 Å². The molecule has 0 atom stereocenters. The lowest BCUT2D eigenvalue weighted by Crippen LogP contribution is -2.21. The number of nitrogen functional groups attached to an aromatic ring is 1. The maximum Gasteiger partial charge on any atom is 0.255 e. The first-order valence-electron chi connectivity index (χ1n) is 6.00. The van der Waals surface area contributed by atoms with Gasteiger partial charge in [0.2, 0.25) is 0 Å². The first-order valence-corrected chi connectivity index (χ1v) is 6.00. The Labute approximate surface area is 115 Å². The van der Waals surface area contributed by atoms with Crippen molar-refractivity contribution in [3.63, 3.8) is 0 Å². The molecule has 20 heavy (non-hydrogen) atoms. The van der Waals surface area contributed by atoms with Crippen molar-refractivity contribution in [2.75, 3.05) is 18.2 Å². The van der Waals surface area contributed by atoms with Crippen LogP contribution in [0.25, 0.3) is 0 Å². The third-order valence-corrected chi connectivity index (χ3v) is 3.04. The molecule has 0 aliphatic rings. The van der Waals surface area contributed by atoms with Crippen molar-refractivity contribution in [2.24, 2.45) is 7.05 Å². The topological polar surface area (TPSA) is 69.3 Å². The molecule has 106 valence electrons. The van der Waals surface area contributed by atoms with E-state index in [-0.39, 0.29) is 28.5 Å². The lowest BCUT2D eigenvalue weighted by Gasteiger charge is -2.16. The van der Waals surface area contributed by atoms with Crippen LogP contribution in [0.15, 0.2) is 29.1 Å². The summed E-state index contributed by atoms with van der Waals surface area (Å²) >= 11 is 0. The lowest BCUT2D eigenvalue weighted by molar-refractivity contribution is 0.415. The molecule has 1 heterocycles. The maximum absolute atomic E-state index is 13.9. The van der Waals surface area contributed by atoms with E-state index in [9.17, 15) is 9.18 Å². The minimum atomic E-state index is -0.417. The van der Waals surface area contributed by atoms with E-state index in [2.05, 4.69) is 5.32 Å². The zero-order valence-electron chi connectivity index (χ0n) is 11.5. The first-order chi connectivity index (χ1) is 9.43. The van der Waals surface area contributed by atoms with Gasteiger partial charge in [0.25, 0.3) is 5.56 Å². The quantitative estimate of drug-likeness (QED) is 0.902. The summed E-state index contributed by atoms with van der Waals surface area (Å²) in [6, 6.07) is 6.04. The number of aromatic nitrogens is 1. The van der Waals surface area contributed by atoms with Gasteiger partial charge in [-0.25, -0.2) is 4.39 Å². The summed E-state index contributed by atoms with van der Waals surface area (Å²) in [7, 11) is 2.97. The van der Waals surface area contributed by atoms with Gasteiger partial charge in [-0.3, -0.25) is 9.36 Å². The molecule has 0 bridgehead atoms. The fraction of sp³-hybridized carbons (Fsp3) is 0.214. The molecule has 5 nitrogen and oxygen atoms in total. The van der Waals surface area contributed by atoms with Crippen LogP contribution in [-0.4, -0.2) is 11.7 Å². The van der Waals surface area contributed by atoms with Gasteiger partial charge < -0.3 is 15.8 Å². The smallest absolute Gasteiger partial charge is 0.255 e. The van der Waals surface area contributed by atoms with Crippen molar-refractivity contribution < 1.29 is 9.13 Å². The summed E-state index contributed by atoms with van der Waals surface area (Å²) in [6.07, 6.45) is 0. The number of pyridine rings is 1. The highest BCUT2D eigenvalue weighted by atomic mass is 19.1. The van der Waals surface area contributed by atoms with Gasteiger partial charge in [-0.1, -0.05) is 6.07 Å². The third kappa shape index (κ3) is 2.45. The van der Waals surface area contributed by atoms with Gasteiger partial charge in [0, 0.05) is 13.1 Å². The zero-order chi connectivity index (χ0) is 14.9. The number of methoxy groups -OCH3 is 1. The van der Waals surface area contributed by atoms with Gasteiger partial charge in [-0.15, -0.1) is 0 Å². The Morgan fingerprint density at radius 2 is 2.05 bits per heavy atom. The number of nitrogens with zero attached hydrogens (tertiary/aromatic N) is 1. The van der Waals surface area contributed by atoms with Gasteiger partial charge in [0.15, 0.2) is 5.75 Å². The van der Waals surface area contributed by atoms with Crippen molar-refractivity contribution in [1.82, 2.24) is 4.57 Å². The molecule has 0 amide bonds. The number of hydrogen-bond acceptors (Lipinski definition) is 4. The Balaban J connectivity index is 2.53. The summed E-state index contributed by atoms with van der Waals surface area (Å²) in [4.78, 5) is 11.8. The highest BCUT2D eigenvalue weighted by Crippen LogP contribution is 2.30. The fourth-order valence-corrected chi connectivity index (χ4v) is 1.86. The van der Waals surface area contributed by atoms with Crippen LogP contribution < -0.4 is 21.3 Å². The van der Waals surface area contributed by atoms with Crippen LogP contribution in [0, 0.1) is 12.7 Å². The first kappa shape index (κ1) is 13.9. The van der Waals surface area contributed by atoms with Crippen molar-refractivity contribution in [2.45, 2.75) is 6.92 Å². The van der Waals surface area contributed by atoms with Crippen molar-refractivity contribution in [3.05, 3.63) is 46.0 Å². The minimum Gasteiger partial charge on any atom is -0.494 e. The van der Waals surface area contributed by atoms with Gasteiger partial charge in [0.05, 0.1) is 12.8 Å². The van der Waals surface area contributed by atoms with Crippen LogP contribution in [0.4, 0.5) is 21.6 Å². The van der Waals surface area contributed by atoms with Crippen LogP contribution in [-0.2, 0) is 7.05 Å². The number of nitrogens with two attached hydrogens (primary N) is 1. The predicted molar refractivity (Wildman–Crippen MR) is 77.1 cm³/mol. The molecule has 0 aliphatic carbocycles. The summed E-state index contributed by atoms with van der Waals surface area (Å²) < 4.78 is 20.2. The van der Waals surface area contributed by atoms with Crippen LogP contribution in [0.5, 0.6) is 5.75 Å². The van der Waals surface area contributed by atoms with E-state index in [1.54, 1.807) is 26.1 Å². The van der Waals surface area contributed by atoms with Gasteiger partial charge in [-0.05, 0) is 24.6 Å². The summed E-state index contributed by atoms with van der Waals surface area (Å²) in [6.45, 7) is 1.79. The molecule has 0 aliphatic heterocycles. The molecular weight excluding hydrogens is 261 g/mol. The summed E-state index contributed by atoms with van der Waals surface area (Å²) in [5.41, 5.74) is 6.91. The van der Waals surface area contributed by atoms with Crippen LogP contribution in [0.2, 0.25) is 0 Å². The molecule has 2 rings (SSSR count). The second-order valence-electron chi connectivity index (χ2n) is 4.48. The Kier molecular flexibility index (Phi) is 3.65. The molecule has 1 aromatic heterocycles. The largest absolute Gasteiger partial charge is 0.494 e. The number of anilines is 3. The molecule has 3 N–H and O–H groups in total. The lowest BCUT2D eigenvalue weighted by atomic mass is 10.2. The molecule has 6 heteroatoms. The monoisotopic (exact) mass is 277 g/mol. The highest BCUT2D eigenvalue weighted by Gasteiger charge is 2.13. The minimum absolute atomic E-state index is 0.241. The fourth-order valence-electron chi connectivity index (χ4n) is 1.86. The summed E-state index contributed by atoms with van der Waals surface area (Å²) in [5.74, 6) is 0.125. The SMILES string of the molecule is COc1cc(=O)n(C)c(Nc2ccc(C)cc2F)c1N. The van der Waals surface area contributed by atoms with Gasteiger partial charge in [-0.2, -0.15) is 0 Å².